The molecule has 0 saturated carbocycles. The van der Waals surface area contributed by atoms with Crippen LogP contribution in [-0.4, -0.2) is 29.4 Å². The lowest BCUT2D eigenvalue weighted by Crippen LogP contribution is -2.42. The molecule has 1 aliphatic rings. The molecule has 0 bridgehead atoms. The number of fused-ring (bicyclic) bond motifs is 1. The Hall–Kier alpha value is -2.30. The van der Waals surface area contributed by atoms with E-state index >= 15 is 0 Å². The minimum absolute atomic E-state index is 0.194. The van der Waals surface area contributed by atoms with Gasteiger partial charge < -0.3 is 9.64 Å². The smallest absolute Gasteiger partial charge is 0.331 e. The number of carbonyl (C=O) groups is 2. The molecule has 0 radical (unpaired) electrons. The van der Waals surface area contributed by atoms with Gasteiger partial charge in [0.25, 0.3) is 5.91 Å². The van der Waals surface area contributed by atoms with Crippen molar-refractivity contribution in [1.82, 2.24) is 4.90 Å². The lowest BCUT2D eigenvalue weighted by Gasteiger charge is -2.30. The third-order valence-electron chi connectivity index (χ3n) is 4.44. The second-order valence-electron chi connectivity index (χ2n) is 6.36. The first-order valence-electron chi connectivity index (χ1n) is 8.63. The second kappa shape index (κ2) is 8.59. The zero-order chi connectivity index (χ0) is 19.4. The topological polar surface area (TPSA) is 46.6 Å². The SMILES string of the molecule is CC(OC(=O)/C=C/c1ccc(Cl)c(Cl)c1)C(=O)N1CCc2ccccc2C1. The first-order valence-corrected chi connectivity index (χ1v) is 9.39. The van der Waals surface area contributed by atoms with Gasteiger partial charge in [-0.3, -0.25) is 4.79 Å². The molecule has 3 rings (SSSR count). The average molecular weight is 404 g/mol. The maximum Gasteiger partial charge on any atom is 0.331 e. The van der Waals surface area contributed by atoms with E-state index in [0.717, 1.165) is 12.0 Å². The van der Waals surface area contributed by atoms with Crippen molar-refractivity contribution in [3.05, 3.63) is 75.3 Å². The molecule has 4 nitrogen and oxygen atoms in total. The molecular weight excluding hydrogens is 385 g/mol. The van der Waals surface area contributed by atoms with Crippen LogP contribution in [0, 0.1) is 0 Å². The number of nitrogens with zero attached hydrogens (tertiary/aromatic N) is 1. The minimum Gasteiger partial charge on any atom is -0.449 e. The summed E-state index contributed by atoms with van der Waals surface area (Å²) in [6.07, 6.45) is 2.80. The fourth-order valence-corrected chi connectivity index (χ4v) is 3.29. The molecule has 140 valence electrons. The van der Waals surface area contributed by atoms with Crippen LogP contribution in [0.4, 0.5) is 0 Å². The van der Waals surface area contributed by atoms with E-state index in [-0.39, 0.29) is 5.91 Å². The number of ether oxygens (including phenoxy) is 1. The molecule has 1 amide bonds. The van der Waals surface area contributed by atoms with Gasteiger partial charge >= 0.3 is 5.97 Å². The Labute approximate surface area is 168 Å². The maximum absolute atomic E-state index is 12.6. The molecule has 2 aromatic rings. The Morgan fingerprint density at radius 1 is 1.11 bits per heavy atom. The van der Waals surface area contributed by atoms with Crippen LogP contribution in [0.2, 0.25) is 10.0 Å². The predicted octanol–water partition coefficient (Wildman–Crippen LogP) is 4.52. The van der Waals surface area contributed by atoms with E-state index in [2.05, 4.69) is 6.07 Å². The van der Waals surface area contributed by atoms with E-state index in [1.807, 2.05) is 18.2 Å². The number of hydrogen-bond acceptors (Lipinski definition) is 3. The summed E-state index contributed by atoms with van der Waals surface area (Å²) in [7, 11) is 0. The Kier molecular flexibility index (Phi) is 6.19. The fourth-order valence-electron chi connectivity index (χ4n) is 2.99. The molecular formula is C21H19Cl2NO3. The van der Waals surface area contributed by atoms with Gasteiger partial charge in [-0.05, 0) is 48.2 Å². The van der Waals surface area contributed by atoms with Gasteiger partial charge in [0.2, 0.25) is 0 Å². The van der Waals surface area contributed by atoms with Crippen molar-refractivity contribution < 1.29 is 14.3 Å². The number of hydrogen-bond donors (Lipinski definition) is 0. The van der Waals surface area contributed by atoms with Crippen LogP contribution in [0.25, 0.3) is 6.08 Å². The molecule has 0 N–H and O–H groups in total. The van der Waals surface area contributed by atoms with Crippen molar-refractivity contribution in [1.29, 1.82) is 0 Å². The van der Waals surface area contributed by atoms with Gasteiger partial charge in [-0.15, -0.1) is 0 Å². The molecule has 27 heavy (non-hydrogen) atoms. The lowest BCUT2D eigenvalue weighted by molar-refractivity contribution is -0.155. The zero-order valence-electron chi connectivity index (χ0n) is 14.8. The molecule has 1 unspecified atom stereocenters. The number of carbonyl (C=O) groups excluding carboxylic acids is 2. The molecule has 2 aromatic carbocycles. The number of rotatable bonds is 4. The number of esters is 1. The summed E-state index contributed by atoms with van der Waals surface area (Å²) in [6.45, 7) is 2.75. The van der Waals surface area contributed by atoms with Gasteiger partial charge in [-0.1, -0.05) is 53.5 Å². The first kappa shape index (κ1) is 19.5. The quantitative estimate of drug-likeness (QED) is 0.556. The summed E-state index contributed by atoms with van der Waals surface area (Å²) < 4.78 is 5.25. The van der Waals surface area contributed by atoms with Crippen LogP contribution in [0.15, 0.2) is 48.5 Å². The molecule has 0 spiro atoms. The summed E-state index contributed by atoms with van der Waals surface area (Å²) in [4.78, 5) is 26.3. The molecule has 1 atom stereocenters. The van der Waals surface area contributed by atoms with Gasteiger partial charge in [0.15, 0.2) is 6.10 Å². The standard InChI is InChI=1S/C21H19Cl2NO3/c1-14(21(26)24-11-10-16-4-2-3-5-17(16)13-24)27-20(25)9-7-15-6-8-18(22)19(23)12-15/h2-9,12,14H,10-11,13H2,1H3/b9-7+. The van der Waals surface area contributed by atoms with Gasteiger partial charge in [0.1, 0.15) is 0 Å². The number of amides is 1. The number of benzene rings is 2. The molecule has 0 aliphatic carbocycles. The molecule has 0 saturated heterocycles. The highest BCUT2D eigenvalue weighted by atomic mass is 35.5. The van der Waals surface area contributed by atoms with Crippen molar-refractivity contribution in [2.75, 3.05) is 6.54 Å². The summed E-state index contributed by atoms with van der Waals surface area (Å²) in [5.41, 5.74) is 3.11. The Balaban J connectivity index is 1.57. The van der Waals surface area contributed by atoms with E-state index in [9.17, 15) is 9.59 Å². The van der Waals surface area contributed by atoms with Gasteiger partial charge in [0.05, 0.1) is 10.0 Å². The maximum atomic E-state index is 12.6. The first-order chi connectivity index (χ1) is 12.9. The lowest BCUT2D eigenvalue weighted by atomic mass is 9.99. The molecule has 6 heteroatoms. The van der Waals surface area contributed by atoms with Crippen LogP contribution in [0.3, 0.4) is 0 Å². The summed E-state index contributed by atoms with van der Waals surface area (Å²) in [5, 5.41) is 0.847. The van der Waals surface area contributed by atoms with Gasteiger partial charge in [-0.25, -0.2) is 4.79 Å². The largest absolute Gasteiger partial charge is 0.449 e. The summed E-state index contributed by atoms with van der Waals surface area (Å²) >= 11 is 11.8. The molecule has 1 heterocycles. The van der Waals surface area contributed by atoms with Gasteiger partial charge in [0, 0.05) is 19.2 Å². The average Bonchev–Trinajstić information content (AvgIpc) is 2.67. The Morgan fingerprint density at radius 3 is 2.59 bits per heavy atom. The third kappa shape index (κ3) is 4.90. The zero-order valence-corrected chi connectivity index (χ0v) is 16.3. The van der Waals surface area contributed by atoms with Crippen molar-refractivity contribution in [3.63, 3.8) is 0 Å². The minimum atomic E-state index is -0.846. The Morgan fingerprint density at radius 2 is 1.85 bits per heavy atom. The van der Waals surface area contributed by atoms with E-state index < -0.39 is 12.1 Å². The normalized spacial score (nSPS) is 14.7. The highest BCUT2D eigenvalue weighted by Gasteiger charge is 2.26. The third-order valence-corrected chi connectivity index (χ3v) is 5.18. The molecule has 1 aliphatic heterocycles. The van der Waals surface area contributed by atoms with E-state index in [4.69, 9.17) is 27.9 Å². The highest BCUT2D eigenvalue weighted by Crippen LogP contribution is 2.23. The van der Waals surface area contributed by atoms with E-state index in [1.165, 1.54) is 11.6 Å². The van der Waals surface area contributed by atoms with Crippen molar-refractivity contribution in [2.24, 2.45) is 0 Å². The van der Waals surface area contributed by atoms with E-state index in [1.54, 1.807) is 36.1 Å². The van der Waals surface area contributed by atoms with Crippen LogP contribution in [-0.2, 0) is 27.3 Å². The van der Waals surface area contributed by atoms with Crippen molar-refractivity contribution in [2.45, 2.75) is 26.0 Å². The predicted molar refractivity (Wildman–Crippen MR) is 107 cm³/mol. The van der Waals surface area contributed by atoms with Crippen LogP contribution < -0.4 is 0 Å². The molecule has 0 aromatic heterocycles. The monoisotopic (exact) mass is 403 g/mol. The van der Waals surface area contributed by atoms with Crippen LogP contribution >= 0.6 is 23.2 Å². The van der Waals surface area contributed by atoms with Gasteiger partial charge in [-0.2, -0.15) is 0 Å². The number of halogens is 2. The summed E-state index contributed by atoms with van der Waals surface area (Å²) in [5.74, 6) is -0.778. The Bertz CT molecular complexity index is 895. The molecule has 0 fully saturated rings. The second-order valence-corrected chi connectivity index (χ2v) is 7.18. The van der Waals surface area contributed by atoms with Crippen molar-refractivity contribution >= 4 is 41.2 Å². The van der Waals surface area contributed by atoms with Crippen LogP contribution in [0.1, 0.15) is 23.6 Å². The van der Waals surface area contributed by atoms with E-state index in [0.29, 0.717) is 28.7 Å². The van der Waals surface area contributed by atoms with Crippen LogP contribution in [0.5, 0.6) is 0 Å². The summed E-state index contributed by atoms with van der Waals surface area (Å²) in [6, 6.07) is 13.1. The highest BCUT2D eigenvalue weighted by molar-refractivity contribution is 6.42. The van der Waals surface area contributed by atoms with Crippen molar-refractivity contribution in [3.8, 4) is 0 Å². The fraction of sp³-hybridized carbons (Fsp3) is 0.238.